The monoisotopic (exact) mass is 584 g/mol. The van der Waals surface area contributed by atoms with E-state index < -0.39 is 92.0 Å². The summed E-state index contributed by atoms with van der Waals surface area (Å²) in [5.74, 6) is -3.90. The molecule has 11 atom stereocenters. The Kier molecular flexibility index (Phi) is 16.0. The second-order valence-electron chi connectivity index (χ2n) is 9.90. The van der Waals surface area contributed by atoms with Crippen molar-refractivity contribution in [3.63, 3.8) is 0 Å². The summed E-state index contributed by atoms with van der Waals surface area (Å²) >= 11 is 0. The third-order valence-corrected chi connectivity index (χ3v) is 6.89. The van der Waals surface area contributed by atoms with Crippen molar-refractivity contribution in [2.24, 2.45) is 11.8 Å². The molecule has 0 saturated carbocycles. The van der Waals surface area contributed by atoms with E-state index in [2.05, 4.69) is 10.6 Å². The van der Waals surface area contributed by atoms with Gasteiger partial charge >= 0.3 is 5.97 Å². The first-order chi connectivity index (χ1) is 18.8. The molecule has 1 rings (SSSR count). The number of carboxylic acids is 1. The van der Waals surface area contributed by atoms with Gasteiger partial charge in [0.2, 0.25) is 5.91 Å². The molecule has 11 N–H and O–H groups in total. The van der Waals surface area contributed by atoms with Gasteiger partial charge in [0.1, 0.15) is 42.7 Å². The lowest BCUT2D eigenvalue weighted by atomic mass is 9.95. The number of unbranched alkanes of at least 4 members (excludes halogenated alkanes) is 3. The molecular formula is C24H44N2O14. The van der Waals surface area contributed by atoms with Crippen molar-refractivity contribution in [1.29, 1.82) is 0 Å². The molecule has 0 radical (unpaired) electrons. The van der Waals surface area contributed by atoms with Crippen molar-refractivity contribution in [2.75, 3.05) is 26.3 Å². The summed E-state index contributed by atoms with van der Waals surface area (Å²) in [6.07, 6.45) is -14.2. The molecule has 0 aromatic heterocycles. The maximum atomic E-state index is 12.3. The minimum atomic E-state index is -2.14. The Balaban J connectivity index is 2.48. The number of aliphatic hydroxyl groups excluding tert-OH is 8. The minimum absolute atomic E-state index is 0.114. The van der Waals surface area contributed by atoms with Crippen molar-refractivity contribution < 1.29 is 69.8 Å². The van der Waals surface area contributed by atoms with Crippen LogP contribution in [0.15, 0.2) is 0 Å². The highest BCUT2D eigenvalue weighted by Crippen LogP contribution is 2.25. The van der Waals surface area contributed by atoms with E-state index in [9.17, 15) is 55.2 Å². The average Bonchev–Trinajstić information content (AvgIpc) is 2.94. The number of carboxylic acid groups (broad SMARTS) is 1. The highest BCUT2D eigenvalue weighted by atomic mass is 16.7. The van der Waals surface area contributed by atoms with Gasteiger partial charge in [-0.05, 0) is 12.8 Å². The van der Waals surface area contributed by atoms with Gasteiger partial charge in [0.05, 0.1) is 19.1 Å². The van der Waals surface area contributed by atoms with Gasteiger partial charge in [0, 0.05) is 19.0 Å². The number of hydrogen-bond donors (Lipinski definition) is 11. The minimum Gasteiger partial charge on any atom is -0.481 e. The van der Waals surface area contributed by atoms with Gasteiger partial charge in [0.25, 0.3) is 5.91 Å². The van der Waals surface area contributed by atoms with Crippen molar-refractivity contribution >= 4 is 17.8 Å². The Morgan fingerprint density at radius 3 is 1.88 bits per heavy atom. The van der Waals surface area contributed by atoms with Gasteiger partial charge in [-0.3, -0.25) is 14.4 Å². The Bertz CT molecular complexity index is 787. The van der Waals surface area contributed by atoms with Crippen LogP contribution in [0.5, 0.6) is 0 Å². The van der Waals surface area contributed by atoms with E-state index in [1.165, 1.54) is 13.8 Å². The first-order valence-electron chi connectivity index (χ1n) is 13.2. The summed E-state index contributed by atoms with van der Waals surface area (Å²) in [6, 6.07) is 0. The number of rotatable bonds is 18. The largest absolute Gasteiger partial charge is 0.481 e. The molecule has 1 fully saturated rings. The Morgan fingerprint density at radius 1 is 0.825 bits per heavy atom. The highest BCUT2D eigenvalue weighted by Gasteiger charge is 2.47. The standard InChI is InChI=1S/C24H44N2O14/c1-11(12(2)23(37)38)21(35)25-7-5-3-4-6-8-26-22(36)18(33)17(32)20(13(29)9-27)40-24-19(34)16(31)15(30)14(10-28)39-24/h11-20,24,27-34H,3-10H2,1-2H3,(H,25,35)(H,26,36)(H,37,38). The lowest BCUT2D eigenvalue weighted by molar-refractivity contribution is -0.326. The molecule has 16 heteroatoms. The maximum absolute atomic E-state index is 12.3. The number of aliphatic carboxylic acids is 1. The second kappa shape index (κ2) is 17.7. The summed E-state index contributed by atoms with van der Waals surface area (Å²) in [5, 5.41) is 93.4. The molecule has 0 aromatic carbocycles. The van der Waals surface area contributed by atoms with Crippen molar-refractivity contribution in [3.05, 3.63) is 0 Å². The van der Waals surface area contributed by atoms with Crippen LogP contribution in [0.2, 0.25) is 0 Å². The Hall–Kier alpha value is -1.99. The Morgan fingerprint density at radius 2 is 1.38 bits per heavy atom. The predicted octanol–water partition coefficient (Wildman–Crippen LogP) is -4.60. The number of carbonyl (C=O) groups is 3. The smallest absolute Gasteiger partial charge is 0.307 e. The third-order valence-electron chi connectivity index (χ3n) is 6.89. The summed E-state index contributed by atoms with van der Waals surface area (Å²) in [6.45, 7) is 1.71. The van der Waals surface area contributed by atoms with Crippen molar-refractivity contribution in [1.82, 2.24) is 10.6 Å². The highest BCUT2D eigenvalue weighted by molar-refractivity contribution is 5.84. The first-order valence-corrected chi connectivity index (χ1v) is 13.2. The van der Waals surface area contributed by atoms with Gasteiger partial charge in [-0.1, -0.05) is 26.7 Å². The quantitative estimate of drug-likeness (QED) is 0.0677. The molecule has 16 nitrogen and oxygen atoms in total. The molecule has 2 amide bonds. The zero-order valence-electron chi connectivity index (χ0n) is 22.6. The number of amides is 2. The van der Waals surface area contributed by atoms with Gasteiger partial charge in [-0.25, -0.2) is 0 Å². The van der Waals surface area contributed by atoms with Crippen LogP contribution in [0.25, 0.3) is 0 Å². The summed E-state index contributed by atoms with van der Waals surface area (Å²) in [5.41, 5.74) is 0. The van der Waals surface area contributed by atoms with Crippen LogP contribution in [0, 0.1) is 11.8 Å². The van der Waals surface area contributed by atoms with Crippen molar-refractivity contribution in [3.8, 4) is 0 Å². The molecule has 1 aliphatic rings. The average molecular weight is 585 g/mol. The lowest BCUT2D eigenvalue weighted by Crippen LogP contribution is -2.62. The molecule has 0 spiro atoms. The van der Waals surface area contributed by atoms with E-state index in [-0.39, 0.29) is 12.5 Å². The van der Waals surface area contributed by atoms with Crippen LogP contribution in [0.4, 0.5) is 0 Å². The second-order valence-corrected chi connectivity index (χ2v) is 9.90. The number of nitrogens with one attached hydrogen (secondary N) is 2. The molecule has 40 heavy (non-hydrogen) atoms. The van der Waals surface area contributed by atoms with E-state index in [4.69, 9.17) is 14.6 Å². The van der Waals surface area contributed by atoms with Crippen LogP contribution in [-0.4, -0.2) is 145 Å². The maximum Gasteiger partial charge on any atom is 0.307 e. The molecule has 1 aliphatic heterocycles. The first kappa shape index (κ1) is 36.0. The molecule has 11 unspecified atom stereocenters. The summed E-state index contributed by atoms with van der Waals surface area (Å²) < 4.78 is 10.4. The SMILES string of the molecule is CC(C(=O)O)C(C)C(=O)NCCCCCCNC(=O)C(O)C(O)C(OC1OC(CO)C(O)C(O)C1O)C(O)CO. The van der Waals surface area contributed by atoms with Crippen molar-refractivity contribution in [2.45, 2.75) is 94.7 Å². The molecule has 1 saturated heterocycles. The number of carbonyl (C=O) groups excluding carboxylic acids is 2. The van der Waals surface area contributed by atoms with Gasteiger partial charge in [-0.15, -0.1) is 0 Å². The van der Waals surface area contributed by atoms with Crippen LogP contribution in [0.1, 0.15) is 39.5 Å². The van der Waals surface area contributed by atoms with Gasteiger partial charge in [0.15, 0.2) is 12.4 Å². The summed E-state index contributed by atoms with van der Waals surface area (Å²) in [4.78, 5) is 35.2. The lowest BCUT2D eigenvalue weighted by Gasteiger charge is -2.42. The van der Waals surface area contributed by atoms with Crippen LogP contribution in [0.3, 0.4) is 0 Å². The van der Waals surface area contributed by atoms with Gasteiger partial charge < -0.3 is 66.1 Å². The van der Waals surface area contributed by atoms with Gasteiger partial charge in [-0.2, -0.15) is 0 Å². The van der Waals surface area contributed by atoms with Crippen LogP contribution in [-0.2, 0) is 23.9 Å². The van der Waals surface area contributed by atoms with E-state index in [0.29, 0.717) is 32.2 Å². The molecule has 0 bridgehead atoms. The number of ether oxygens (including phenoxy) is 2. The molecule has 0 aromatic rings. The zero-order chi connectivity index (χ0) is 30.6. The predicted molar refractivity (Wildman–Crippen MR) is 134 cm³/mol. The molecule has 1 heterocycles. The van der Waals surface area contributed by atoms with E-state index in [1.54, 1.807) is 0 Å². The fraction of sp³-hybridized carbons (Fsp3) is 0.875. The number of aliphatic hydroxyl groups is 8. The van der Waals surface area contributed by atoms with E-state index >= 15 is 0 Å². The fourth-order valence-electron chi connectivity index (χ4n) is 3.91. The van der Waals surface area contributed by atoms with E-state index in [1.807, 2.05) is 0 Å². The fourth-order valence-corrected chi connectivity index (χ4v) is 3.91. The zero-order valence-corrected chi connectivity index (χ0v) is 22.6. The normalized spacial score (nSPS) is 27.6. The summed E-state index contributed by atoms with van der Waals surface area (Å²) in [7, 11) is 0. The van der Waals surface area contributed by atoms with Crippen LogP contribution >= 0.6 is 0 Å². The molecular weight excluding hydrogens is 540 g/mol. The topological polar surface area (TPSA) is 276 Å². The number of hydrogen-bond acceptors (Lipinski definition) is 13. The Labute approximate surface area is 231 Å². The van der Waals surface area contributed by atoms with Crippen LogP contribution < -0.4 is 10.6 Å². The molecule has 234 valence electrons. The molecule has 0 aliphatic carbocycles. The van der Waals surface area contributed by atoms with E-state index in [0.717, 1.165) is 0 Å². The third kappa shape index (κ3) is 10.4.